The molecule has 0 N–H and O–H groups in total. The Morgan fingerprint density at radius 3 is 2.09 bits per heavy atom. The van der Waals surface area contributed by atoms with Crippen molar-refractivity contribution in [3.8, 4) is 11.5 Å². The second-order valence-corrected chi connectivity index (χ2v) is 8.40. The van der Waals surface area contributed by atoms with Gasteiger partial charge in [-0.2, -0.15) is 0 Å². The SMILES string of the molecule is CCCOc1ccc(C2=C(N3CC(C)OC(C)C3)C(=O)N(c3ccc(OC)cc3)C2=O)cc1. The minimum absolute atomic E-state index is 0.0507. The fourth-order valence-electron chi connectivity index (χ4n) is 4.34. The van der Waals surface area contributed by atoms with Crippen LogP contribution >= 0.6 is 0 Å². The van der Waals surface area contributed by atoms with Crippen molar-refractivity contribution in [1.29, 1.82) is 0 Å². The van der Waals surface area contributed by atoms with Gasteiger partial charge in [-0.15, -0.1) is 0 Å². The Hall–Kier alpha value is -3.32. The van der Waals surface area contributed by atoms with Gasteiger partial charge < -0.3 is 19.1 Å². The van der Waals surface area contributed by atoms with Crippen LogP contribution in [0.15, 0.2) is 54.2 Å². The summed E-state index contributed by atoms with van der Waals surface area (Å²) in [5, 5.41) is 0. The Kier molecular flexibility index (Phi) is 6.70. The van der Waals surface area contributed by atoms with Crippen LogP contribution in [0.3, 0.4) is 0 Å². The van der Waals surface area contributed by atoms with Gasteiger partial charge in [0.15, 0.2) is 0 Å². The second kappa shape index (κ2) is 9.67. The highest BCUT2D eigenvalue weighted by Crippen LogP contribution is 2.36. The van der Waals surface area contributed by atoms with Crippen LogP contribution in [0.2, 0.25) is 0 Å². The van der Waals surface area contributed by atoms with E-state index in [0.717, 1.165) is 12.2 Å². The van der Waals surface area contributed by atoms with E-state index < -0.39 is 0 Å². The lowest BCUT2D eigenvalue weighted by Crippen LogP contribution is -2.47. The molecule has 0 radical (unpaired) electrons. The van der Waals surface area contributed by atoms with Crippen molar-refractivity contribution in [2.75, 3.05) is 31.7 Å². The maximum Gasteiger partial charge on any atom is 0.282 e. The van der Waals surface area contributed by atoms with Gasteiger partial charge >= 0.3 is 0 Å². The number of imide groups is 1. The van der Waals surface area contributed by atoms with E-state index in [1.807, 2.05) is 49.9 Å². The first-order valence-corrected chi connectivity index (χ1v) is 11.3. The van der Waals surface area contributed by atoms with Gasteiger partial charge in [-0.05, 0) is 62.2 Å². The molecule has 2 aliphatic rings. The van der Waals surface area contributed by atoms with Gasteiger partial charge in [0, 0.05) is 13.1 Å². The number of methoxy groups -OCH3 is 1. The van der Waals surface area contributed by atoms with Gasteiger partial charge in [0.05, 0.1) is 37.2 Å². The second-order valence-electron chi connectivity index (χ2n) is 8.40. The fourth-order valence-corrected chi connectivity index (χ4v) is 4.34. The van der Waals surface area contributed by atoms with Crippen molar-refractivity contribution in [2.24, 2.45) is 0 Å². The third-order valence-electron chi connectivity index (χ3n) is 5.74. The molecule has 0 spiro atoms. The standard InChI is InChI=1S/C26H30N2O5/c1-5-14-32-22-10-6-19(7-11-22)23-24(27-15-17(2)33-18(3)16-27)26(30)28(25(23)29)20-8-12-21(31-4)13-9-20/h6-13,17-18H,5,14-16H2,1-4H3. The number of amides is 2. The molecule has 2 atom stereocenters. The molecule has 2 aliphatic heterocycles. The monoisotopic (exact) mass is 450 g/mol. The Balaban J connectivity index is 1.75. The number of carbonyl (C=O) groups excluding carboxylic acids is 2. The van der Waals surface area contributed by atoms with Crippen LogP contribution < -0.4 is 14.4 Å². The number of hydrogen-bond acceptors (Lipinski definition) is 6. The molecule has 174 valence electrons. The molecule has 2 unspecified atom stereocenters. The van der Waals surface area contributed by atoms with E-state index in [1.54, 1.807) is 31.4 Å². The highest BCUT2D eigenvalue weighted by atomic mass is 16.5. The lowest BCUT2D eigenvalue weighted by atomic mass is 10.0. The largest absolute Gasteiger partial charge is 0.497 e. The third-order valence-corrected chi connectivity index (χ3v) is 5.74. The molecule has 33 heavy (non-hydrogen) atoms. The highest BCUT2D eigenvalue weighted by molar-refractivity contribution is 6.45. The molecule has 2 aromatic rings. The maximum atomic E-state index is 13.7. The molecule has 4 rings (SSSR count). The minimum Gasteiger partial charge on any atom is -0.497 e. The summed E-state index contributed by atoms with van der Waals surface area (Å²) in [6.45, 7) is 7.70. The van der Waals surface area contributed by atoms with Crippen molar-refractivity contribution in [1.82, 2.24) is 4.90 Å². The predicted molar refractivity (Wildman–Crippen MR) is 126 cm³/mol. The first-order valence-electron chi connectivity index (χ1n) is 11.3. The molecule has 7 nitrogen and oxygen atoms in total. The predicted octanol–water partition coefficient (Wildman–Crippen LogP) is 3.88. The number of anilines is 1. The van der Waals surface area contributed by atoms with Crippen molar-refractivity contribution in [3.63, 3.8) is 0 Å². The Morgan fingerprint density at radius 1 is 0.909 bits per heavy atom. The van der Waals surface area contributed by atoms with Crippen molar-refractivity contribution < 1.29 is 23.8 Å². The van der Waals surface area contributed by atoms with Crippen LogP contribution in [0.1, 0.15) is 32.8 Å². The van der Waals surface area contributed by atoms with Gasteiger partial charge in [0.25, 0.3) is 11.8 Å². The van der Waals surface area contributed by atoms with Crippen molar-refractivity contribution >= 4 is 23.1 Å². The van der Waals surface area contributed by atoms with Gasteiger partial charge in [-0.25, -0.2) is 4.90 Å². The van der Waals surface area contributed by atoms with Crippen molar-refractivity contribution in [2.45, 2.75) is 39.4 Å². The number of carbonyl (C=O) groups is 2. The van der Waals surface area contributed by atoms with Crippen LogP contribution in [0, 0.1) is 0 Å². The minimum atomic E-state index is -0.339. The normalized spacial score (nSPS) is 21.1. The average Bonchev–Trinajstić information content (AvgIpc) is 3.07. The summed E-state index contributed by atoms with van der Waals surface area (Å²) in [7, 11) is 1.58. The molecule has 0 saturated carbocycles. The number of rotatable bonds is 7. The van der Waals surface area contributed by atoms with Crippen LogP contribution in [0.25, 0.3) is 5.57 Å². The van der Waals surface area contributed by atoms with Crippen LogP contribution in [-0.4, -0.2) is 55.7 Å². The zero-order valence-corrected chi connectivity index (χ0v) is 19.5. The average molecular weight is 451 g/mol. The van der Waals surface area contributed by atoms with Gasteiger partial charge in [-0.1, -0.05) is 19.1 Å². The summed E-state index contributed by atoms with van der Waals surface area (Å²) in [5.74, 6) is 0.729. The maximum absolute atomic E-state index is 13.7. The summed E-state index contributed by atoms with van der Waals surface area (Å²) >= 11 is 0. The number of benzene rings is 2. The van der Waals surface area contributed by atoms with E-state index in [4.69, 9.17) is 14.2 Å². The van der Waals surface area contributed by atoms with E-state index in [9.17, 15) is 9.59 Å². The van der Waals surface area contributed by atoms with E-state index in [-0.39, 0.29) is 24.0 Å². The third kappa shape index (κ3) is 4.59. The first kappa shape index (κ1) is 22.9. The molecule has 0 aromatic heterocycles. The molecule has 2 amide bonds. The molecule has 2 heterocycles. The highest BCUT2D eigenvalue weighted by Gasteiger charge is 2.43. The summed E-state index contributed by atoms with van der Waals surface area (Å²) in [6.07, 6.45) is 0.810. The smallest absolute Gasteiger partial charge is 0.282 e. The van der Waals surface area contributed by atoms with E-state index in [0.29, 0.717) is 48.0 Å². The number of nitrogens with zero attached hydrogens (tertiary/aromatic N) is 2. The molecular formula is C26H30N2O5. The molecule has 2 aromatic carbocycles. The van der Waals surface area contributed by atoms with Gasteiger partial charge in [-0.3, -0.25) is 9.59 Å². The lowest BCUT2D eigenvalue weighted by molar-refractivity contribution is -0.121. The quantitative estimate of drug-likeness (QED) is 0.597. The molecule has 1 fully saturated rings. The molecular weight excluding hydrogens is 420 g/mol. The van der Waals surface area contributed by atoms with E-state index in [2.05, 4.69) is 0 Å². The number of hydrogen-bond donors (Lipinski definition) is 0. The van der Waals surface area contributed by atoms with Crippen LogP contribution in [0.4, 0.5) is 5.69 Å². The van der Waals surface area contributed by atoms with Gasteiger partial charge in [0.2, 0.25) is 0 Å². The number of ether oxygens (including phenoxy) is 3. The van der Waals surface area contributed by atoms with Crippen LogP contribution in [-0.2, 0) is 14.3 Å². The Morgan fingerprint density at radius 2 is 1.52 bits per heavy atom. The summed E-state index contributed by atoms with van der Waals surface area (Å²) < 4.78 is 16.8. The van der Waals surface area contributed by atoms with Gasteiger partial charge in [0.1, 0.15) is 17.2 Å². The summed E-state index contributed by atoms with van der Waals surface area (Å²) in [4.78, 5) is 30.6. The topological polar surface area (TPSA) is 68.3 Å². The summed E-state index contributed by atoms with van der Waals surface area (Å²) in [5.41, 5.74) is 2.02. The Bertz CT molecular complexity index is 1040. The molecule has 1 saturated heterocycles. The molecule has 7 heteroatoms. The number of morpholine rings is 1. The Labute approximate surface area is 194 Å². The fraction of sp³-hybridized carbons (Fsp3) is 0.385. The molecule has 0 bridgehead atoms. The van der Waals surface area contributed by atoms with E-state index >= 15 is 0 Å². The zero-order chi connectivity index (χ0) is 23.5. The summed E-state index contributed by atoms with van der Waals surface area (Å²) in [6, 6.07) is 14.3. The van der Waals surface area contributed by atoms with Crippen molar-refractivity contribution in [3.05, 3.63) is 59.8 Å². The van der Waals surface area contributed by atoms with E-state index in [1.165, 1.54) is 4.90 Å². The lowest BCUT2D eigenvalue weighted by Gasteiger charge is -2.37. The molecule has 0 aliphatic carbocycles. The van der Waals surface area contributed by atoms with Crippen LogP contribution in [0.5, 0.6) is 11.5 Å². The first-order chi connectivity index (χ1) is 15.9. The zero-order valence-electron chi connectivity index (χ0n) is 19.5.